The number of rotatable bonds is 7. The molecule has 2 N–H and O–H groups in total. The highest BCUT2D eigenvalue weighted by Gasteiger charge is 2.33. The fraction of sp³-hybridized carbons (Fsp3) is 0.346. The van der Waals surface area contributed by atoms with Gasteiger partial charge in [-0.1, -0.05) is 5.92 Å². The summed E-state index contributed by atoms with van der Waals surface area (Å²) in [6.45, 7) is 5.69. The van der Waals surface area contributed by atoms with E-state index >= 15 is 0 Å². The van der Waals surface area contributed by atoms with Crippen molar-refractivity contribution in [3.63, 3.8) is 0 Å². The van der Waals surface area contributed by atoms with Gasteiger partial charge in [0.2, 0.25) is 5.91 Å². The number of imidazole rings is 1. The second kappa shape index (κ2) is 12.1. The molecule has 8 nitrogen and oxygen atoms in total. The first-order valence-corrected chi connectivity index (χ1v) is 12.9. The Bertz CT molecular complexity index is 1320. The fourth-order valence-electron chi connectivity index (χ4n) is 3.89. The number of anilines is 1. The van der Waals surface area contributed by atoms with Crippen molar-refractivity contribution in [3.8, 4) is 29.0 Å². The van der Waals surface area contributed by atoms with Crippen molar-refractivity contribution < 1.29 is 27.5 Å². The predicted octanol–water partition coefficient (Wildman–Crippen LogP) is 4.08. The number of benzene rings is 1. The number of piperazine rings is 1. The minimum absolute atomic E-state index is 0.00781. The largest absolute Gasteiger partial charge is 0.491 e. The Kier molecular flexibility index (Phi) is 8.70. The molecule has 0 saturated carbocycles. The lowest BCUT2D eigenvalue weighted by molar-refractivity contribution is -0.140. The van der Waals surface area contributed by atoms with Gasteiger partial charge in [-0.05, 0) is 36.1 Å². The molecule has 1 fully saturated rings. The first kappa shape index (κ1) is 27.2. The van der Waals surface area contributed by atoms with Gasteiger partial charge in [0.15, 0.2) is 0 Å². The molecule has 0 spiro atoms. The van der Waals surface area contributed by atoms with Gasteiger partial charge in [0.25, 0.3) is 0 Å². The normalized spacial score (nSPS) is 14.1. The number of nitrogens with zero attached hydrogens (tertiary/aromatic N) is 3. The molecule has 3 aromatic rings. The molecular formula is C26H26F3N5O3S. The van der Waals surface area contributed by atoms with E-state index in [9.17, 15) is 22.8 Å². The molecule has 0 radical (unpaired) electrons. The number of nitrogens with one attached hydrogen (secondary N) is 2. The molecule has 0 atom stereocenters. The molecule has 1 saturated heterocycles. The highest BCUT2D eigenvalue weighted by Crippen LogP contribution is 2.33. The lowest BCUT2D eigenvalue weighted by Gasteiger charge is -2.34. The number of hydrogen-bond donors (Lipinski definition) is 2. The topological polar surface area (TPSA) is 90.6 Å². The molecule has 12 heteroatoms. The molecular weight excluding hydrogens is 519 g/mol. The van der Waals surface area contributed by atoms with Gasteiger partial charge in [0.1, 0.15) is 17.3 Å². The van der Waals surface area contributed by atoms with E-state index in [1.54, 1.807) is 25.1 Å². The van der Waals surface area contributed by atoms with Crippen LogP contribution in [0.1, 0.15) is 24.6 Å². The van der Waals surface area contributed by atoms with Crippen molar-refractivity contribution >= 4 is 28.8 Å². The van der Waals surface area contributed by atoms with Crippen LogP contribution in [-0.4, -0.2) is 70.9 Å². The fourth-order valence-corrected chi connectivity index (χ4v) is 4.48. The molecule has 0 bridgehead atoms. The van der Waals surface area contributed by atoms with Gasteiger partial charge in [-0.15, -0.1) is 0 Å². The smallest absolute Gasteiger partial charge is 0.432 e. The third kappa shape index (κ3) is 7.36. The monoisotopic (exact) mass is 545 g/mol. The Morgan fingerprint density at radius 1 is 1.21 bits per heavy atom. The minimum atomic E-state index is -4.55. The molecule has 1 aliphatic heterocycles. The van der Waals surface area contributed by atoms with Crippen LogP contribution in [0.2, 0.25) is 0 Å². The summed E-state index contributed by atoms with van der Waals surface area (Å²) in [6, 6.07) is 6.44. The van der Waals surface area contributed by atoms with Crippen molar-refractivity contribution in [2.24, 2.45) is 0 Å². The maximum Gasteiger partial charge on any atom is 0.432 e. The second-order valence-electron chi connectivity index (χ2n) is 8.62. The average Bonchev–Trinajstić information content (AvgIpc) is 3.59. The van der Waals surface area contributed by atoms with E-state index < -0.39 is 17.8 Å². The van der Waals surface area contributed by atoms with Gasteiger partial charge < -0.3 is 19.9 Å². The maximum atomic E-state index is 13.0. The number of carbonyl (C=O) groups is 2. The number of aromatic nitrogens is 2. The molecule has 2 amide bonds. The van der Waals surface area contributed by atoms with E-state index in [4.69, 9.17) is 4.74 Å². The summed E-state index contributed by atoms with van der Waals surface area (Å²) in [7, 11) is 0. The van der Waals surface area contributed by atoms with Gasteiger partial charge in [-0.3, -0.25) is 14.5 Å². The third-order valence-electron chi connectivity index (χ3n) is 5.92. The lowest BCUT2D eigenvalue weighted by Crippen LogP contribution is -2.48. The number of halogens is 3. The first-order valence-electron chi connectivity index (χ1n) is 11.9. The number of ether oxygens (including phenoxy) is 1. The van der Waals surface area contributed by atoms with Crippen LogP contribution in [-0.2, 0) is 15.8 Å². The van der Waals surface area contributed by atoms with Gasteiger partial charge in [0, 0.05) is 62.1 Å². The van der Waals surface area contributed by atoms with Crippen LogP contribution in [0.3, 0.4) is 0 Å². The summed E-state index contributed by atoms with van der Waals surface area (Å²) in [5.74, 6) is 5.14. The van der Waals surface area contributed by atoms with Gasteiger partial charge in [-0.2, -0.15) is 24.5 Å². The average molecular weight is 546 g/mol. The third-order valence-corrected chi connectivity index (χ3v) is 6.60. The molecule has 3 heterocycles. The van der Waals surface area contributed by atoms with Crippen molar-refractivity contribution in [1.29, 1.82) is 0 Å². The Balaban J connectivity index is 1.43. The van der Waals surface area contributed by atoms with Crippen LogP contribution in [0.5, 0.6) is 5.75 Å². The highest BCUT2D eigenvalue weighted by atomic mass is 32.1. The number of hydrogen-bond acceptors (Lipinski definition) is 6. The number of carbonyl (C=O) groups excluding carboxylic acids is 2. The molecule has 1 aromatic carbocycles. The number of alkyl halides is 3. The summed E-state index contributed by atoms with van der Waals surface area (Å²) in [6.07, 6.45) is -3.12. The van der Waals surface area contributed by atoms with Crippen LogP contribution >= 0.6 is 11.3 Å². The molecule has 0 aliphatic carbocycles. The Hall–Kier alpha value is -3.82. The zero-order valence-corrected chi connectivity index (χ0v) is 21.4. The number of H-pyrrole nitrogens is 1. The minimum Gasteiger partial charge on any atom is -0.491 e. The highest BCUT2D eigenvalue weighted by molar-refractivity contribution is 7.08. The van der Waals surface area contributed by atoms with E-state index in [1.165, 1.54) is 17.4 Å². The number of aromatic amines is 1. The van der Waals surface area contributed by atoms with E-state index in [0.717, 1.165) is 25.8 Å². The quantitative estimate of drug-likeness (QED) is 0.345. The summed E-state index contributed by atoms with van der Waals surface area (Å²) in [5, 5.41) is 6.34. The van der Waals surface area contributed by atoms with E-state index in [2.05, 4.69) is 32.0 Å². The van der Waals surface area contributed by atoms with Gasteiger partial charge in [0.05, 0.1) is 18.5 Å². The van der Waals surface area contributed by atoms with E-state index in [0.29, 0.717) is 43.0 Å². The summed E-state index contributed by atoms with van der Waals surface area (Å²) >= 11 is 1.46. The molecule has 200 valence electrons. The second-order valence-corrected chi connectivity index (χ2v) is 9.40. The van der Waals surface area contributed by atoms with Crippen molar-refractivity contribution in [1.82, 2.24) is 19.8 Å². The SMILES string of the molecule is CC(=O)N1CCN(CCCOc2ccc(-c3ncc(C(F)(F)F)[nH]3)cc2NC(=O)C#Cc2ccsc2)CC1. The zero-order chi connectivity index (χ0) is 27.1. The summed E-state index contributed by atoms with van der Waals surface area (Å²) in [5.41, 5.74) is 0.350. The van der Waals surface area contributed by atoms with Crippen LogP contribution in [0.15, 0.2) is 41.2 Å². The standard InChI is InChI=1S/C26H26F3N5O3S/c1-18(35)34-11-9-33(10-12-34)8-2-13-37-22-5-4-20(25-30-16-23(32-25)26(27,28)29)15-21(22)31-24(36)6-3-19-7-14-38-17-19/h4-5,7,14-17H,2,8-13H2,1H3,(H,30,32)(H,31,36). The van der Waals surface area contributed by atoms with Gasteiger partial charge >= 0.3 is 12.1 Å². The Morgan fingerprint density at radius 2 is 2.00 bits per heavy atom. The van der Waals surface area contributed by atoms with Crippen molar-refractivity contribution in [3.05, 3.63) is 52.5 Å². The number of amides is 2. The van der Waals surface area contributed by atoms with Crippen LogP contribution in [0.25, 0.3) is 11.4 Å². The predicted molar refractivity (Wildman–Crippen MR) is 138 cm³/mol. The molecule has 4 rings (SSSR count). The first-order chi connectivity index (χ1) is 18.2. The van der Waals surface area contributed by atoms with E-state index in [1.807, 2.05) is 15.7 Å². The van der Waals surface area contributed by atoms with Crippen LogP contribution in [0, 0.1) is 11.8 Å². The summed E-state index contributed by atoms with van der Waals surface area (Å²) in [4.78, 5) is 34.2. The Morgan fingerprint density at radius 3 is 2.66 bits per heavy atom. The molecule has 2 aromatic heterocycles. The molecule has 38 heavy (non-hydrogen) atoms. The number of thiophene rings is 1. The van der Waals surface area contributed by atoms with Crippen LogP contribution < -0.4 is 10.1 Å². The van der Waals surface area contributed by atoms with Gasteiger partial charge in [-0.25, -0.2) is 4.98 Å². The maximum absolute atomic E-state index is 13.0. The molecule has 1 aliphatic rings. The Labute approximate surface area is 221 Å². The van der Waals surface area contributed by atoms with Crippen LogP contribution in [0.4, 0.5) is 18.9 Å². The summed E-state index contributed by atoms with van der Waals surface area (Å²) < 4.78 is 45.0. The van der Waals surface area contributed by atoms with Crippen molar-refractivity contribution in [2.75, 3.05) is 44.6 Å². The van der Waals surface area contributed by atoms with Crippen molar-refractivity contribution in [2.45, 2.75) is 19.5 Å². The van der Waals surface area contributed by atoms with E-state index in [-0.39, 0.29) is 17.4 Å². The lowest BCUT2D eigenvalue weighted by atomic mass is 10.1. The molecule has 0 unspecified atom stereocenters. The zero-order valence-electron chi connectivity index (χ0n) is 20.6.